The summed E-state index contributed by atoms with van der Waals surface area (Å²) < 4.78 is 6.06. The fraction of sp³-hybridized carbons (Fsp3) is 0.707. The van der Waals surface area contributed by atoms with Gasteiger partial charge in [0.1, 0.15) is 12.4 Å². The highest BCUT2D eigenvalue weighted by Gasteiger charge is 2.61. The molecule has 6 rings (SSSR count). The molecule has 0 aliphatic heterocycles. The molecule has 0 bridgehead atoms. The number of hydrogen-bond donors (Lipinski definition) is 1. The average Bonchev–Trinajstić information content (AvgIpc) is 3.36. The topological polar surface area (TPSA) is 29.5 Å². The van der Waals surface area contributed by atoms with Gasteiger partial charge in [0.25, 0.3) is 0 Å². The summed E-state index contributed by atoms with van der Waals surface area (Å²) in [5.41, 5.74) is 3.48. The minimum atomic E-state index is -0.167. The third-order valence-electron chi connectivity index (χ3n) is 13.8. The second-order valence-electron chi connectivity index (χ2n) is 16.5. The number of aliphatic hydroxyl groups excluding tert-OH is 1. The van der Waals surface area contributed by atoms with Crippen LogP contribution in [0.15, 0.2) is 54.6 Å². The van der Waals surface area contributed by atoms with E-state index >= 15 is 0 Å². The van der Waals surface area contributed by atoms with E-state index in [1.807, 2.05) is 6.07 Å². The van der Waals surface area contributed by atoms with Crippen LogP contribution in [0.3, 0.4) is 0 Å². The quantitative estimate of drug-likeness (QED) is 0.301. The molecule has 4 aliphatic rings. The Kier molecular flexibility index (Phi) is 9.36. The van der Waals surface area contributed by atoms with Crippen LogP contribution in [0.1, 0.15) is 116 Å². The van der Waals surface area contributed by atoms with Crippen LogP contribution in [-0.2, 0) is 13.0 Å². The van der Waals surface area contributed by atoms with Crippen LogP contribution in [0.4, 0.5) is 0 Å². The van der Waals surface area contributed by atoms with Gasteiger partial charge in [0.2, 0.25) is 0 Å². The molecule has 4 fully saturated rings. The zero-order valence-electron chi connectivity index (χ0n) is 27.9. The minimum Gasteiger partial charge on any atom is -0.489 e. The fourth-order valence-corrected chi connectivity index (χ4v) is 11.5. The van der Waals surface area contributed by atoms with Crippen LogP contribution >= 0.6 is 0 Å². The van der Waals surface area contributed by atoms with Gasteiger partial charge in [-0.05, 0) is 139 Å². The molecule has 2 aromatic carbocycles. The molecule has 0 spiro atoms. The lowest BCUT2D eigenvalue weighted by Crippen LogP contribution is -2.57. The van der Waals surface area contributed by atoms with E-state index in [-0.39, 0.29) is 6.10 Å². The molecule has 2 aromatic rings. The molecule has 4 saturated carbocycles. The summed E-state index contributed by atoms with van der Waals surface area (Å²) in [6.07, 6.45) is 15.8. The smallest absolute Gasteiger partial charge is 0.119 e. The van der Waals surface area contributed by atoms with Crippen molar-refractivity contribution in [3.8, 4) is 5.75 Å². The summed E-state index contributed by atoms with van der Waals surface area (Å²) in [5.74, 6) is 7.27. The predicted octanol–water partition coefficient (Wildman–Crippen LogP) is 10.5. The Bertz CT molecular complexity index is 1170. The Balaban J connectivity index is 1.11. The summed E-state index contributed by atoms with van der Waals surface area (Å²) >= 11 is 0. The van der Waals surface area contributed by atoms with E-state index < -0.39 is 0 Å². The van der Waals surface area contributed by atoms with Crippen molar-refractivity contribution >= 4 is 0 Å². The van der Waals surface area contributed by atoms with Crippen molar-refractivity contribution in [1.82, 2.24) is 0 Å². The Morgan fingerprint density at radius 1 is 0.744 bits per heavy atom. The maximum Gasteiger partial charge on any atom is 0.119 e. The molecule has 4 aliphatic carbocycles. The molecule has 0 aromatic heterocycles. The van der Waals surface area contributed by atoms with Crippen molar-refractivity contribution in [2.24, 2.45) is 58.2 Å². The summed E-state index contributed by atoms with van der Waals surface area (Å²) in [5, 5.41) is 11.4. The van der Waals surface area contributed by atoms with E-state index in [4.69, 9.17) is 4.74 Å². The predicted molar refractivity (Wildman–Crippen MR) is 179 cm³/mol. The van der Waals surface area contributed by atoms with Crippen LogP contribution in [0.25, 0.3) is 0 Å². The second-order valence-corrected chi connectivity index (χ2v) is 16.5. The standard InChI is InChI=1S/C41H60O2/c1-28(2)10-9-11-29(3)35-20-21-36-33-18-19-37-34(39(42)23-25-41(37,5)38(33)22-24-40(35,36)4)26-30-14-16-32(17-15-30)43-27-31-12-7-6-8-13-31/h6-8,12-17,28-29,33-39,42H,9-11,18-27H2,1-5H3/t29-,33?,34+,35-,36?,37?,38?,39-,40-,41+/m1/s1. The Morgan fingerprint density at radius 3 is 2.19 bits per heavy atom. The largest absolute Gasteiger partial charge is 0.489 e. The van der Waals surface area contributed by atoms with Gasteiger partial charge in [-0.2, -0.15) is 0 Å². The van der Waals surface area contributed by atoms with Gasteiger partial charge >= 0.3 is 0 Å². The van der Waals surface area contributed by atoms with Crippen LogP contribution in [0.5, 0.6) is 5.75 Å². The first-order valence-corrected chi connectivity index (χ1v) is 18.1. The highest BCUT2D eigenvalue weighted by atomic mass is 16.5. The summed E-state index contributed by atoms with van der Waals surface area (Å²) in [6, 6.07) is 19.1. The van der Waals surface area contributed by atoms with Crippen molar-refractivity contribution in [2.45, 2.75) is 124 Å². The Morgan fingerprint density at radius 2 is 1.44 bits per heavy atom. The van der Waals surface area contributed by atoms with Crippen molar-refractivity contribution < 1.29 is 9.84 Å². The van der Waals surface area contributed by atoms with Gasteiger partial charge in [0, 0.05) is 0 Å². The molecule has 236 valence electrons. The third kappa shape index (κ3) is 6.21. The zero-order valence-corrected chi connectivity index (χ0v) is 27.9. The first-order chi connectivity index (χ1) is 20.7. The van der Waals surface area contributed by atoms with Crippen LogP contribution in [0, 0.1) is 58.2 Å². The third-order valence-corrected chi connectivity index (χ3v) is 13.8. The van der Waals surface area contributed by atoms with Gasteiger partial charge in [-0.3, -0.25) is 0 Å². The summed E-state index contributed by atoms with van der Waals surface area (Å²) in [6.45, 7) is 13.3. The average molecular weight is 585 g/mol. The van der Waals surface area contributed by atoms with E-state index in [0.29, 0.717) is 29.3 Å². The molecule has 43 heavy (non-hydrogen) atoms. The van der Waals surface area contributed by atoms with Gasteiger partial charge in [0.05, 0.1) is 6.10 Å². The molecular weight excluding hydrogens is 524 g/mol. The number of ether oxygens (including phenoxy) is 1. The highest BCUT2D eigenvalue weighted by molar-refractivity contribution is 5.28. The molecule has 0 radical (unpaired) electrons. The summed E-state index contributed by atoms with van der Waals surface area (Å²) in [7, 11) is 0. The maximum absolute atomic E-state index is 11.4. The van der Waals surface area contributed by atoms with E-state index in [2.05, 4.69) is 83.1 Å². The van der Waals surface area contributed by atoms with Crippen molar-refractivity contribution in [2.75, 3.05) is 0 Å². The van der Waals surface area contributed by atoms with Crippen LogP contribution < -0.4 is 4.74 Å². The molecule has 2 heteroatoms. The van der Waals surface area contributed by atoms with E-state index in [1.165, 1.54) is 75.3 Å². The van der Waals surface area contributed by atoms with Crippen LogP contribution in [-0.4, -0.2) is 11.2 Å². The van der Waals surface area contributed by atoms with Crippen molar-refractivity contribution in [3.63, 3.8) is 0 Å². The number of benzene rings is 2. The fourth-order valence-electron chi connectivity index (χ4n) is 11.5. The SMILES string of the molecule is CC(C)CCC[C@@H](C)[C@H]1CCC2C3CCC4[C@H](Cc5ccc(OCc6ccccc6)cc5)[C@H](O)CC[C@]4(C)C3CC[C@@]21C. The highest BCUT2D eigenvalue weighted by Crippen LogP contribution is 2.69. The van der Waals surface area contributed by atoms with Crippen molar-refractivity contribution in [3.05, 3.63) is 65.7 Å². The molecule has 1 N–H and O–H groups in total. The van der Waals surface area contributed by atoms with E-state index in [1.54, 1.807) is 0 Å². The van der Waals surface area contributed by atoms with Crippen LogP contribution in [0.2, 0.25) is 0 Å². The van der Waals surface area contributed by atoms with E-state index in [0.717, 1.165) is 54.1 Å². The first-order valence-electron chi connectivity index (χ1n) is 18.1. The van der Waals surface area contributed by atoms with Gasteiger partial charge in [-0.15, -0.1) is 0 Å². The van der Waals surface area contributed by atoms with E-state index in [9.17, 15) is 5.11 Å². The number of aliphatic hydroxyl groups is 1. The van der Waals surface area contributed by atoms with Gasteiger partial charge < -0.3 is 9.84 Å². The molecule has 10 atom stereocenters. The molecule has 0 amide bonds. The van der Waals surface area contributed by atoms with Gasteiger partial charge in [-0.25, -0.2) is 0 Å². The monoisotopic (exact) mass is 584 g/mol. The molecule has 2 nitrogen and oxygen atoms in total. The molecular formula is C41H60O2. The van der Waals surface area contributed by atoms with Gasteiger partial charge in [0.15, 0.2) is 0 Å². The Labute approximate surface area is 263 Å². The first kappa shape index (κ1) is 31.2. The lowest BCUT2D eigenvalue weighted by molar-refractivity contribution is -0.152. The number of fused-ring (bicyclic) bond motifs is 5. The zero-order chi connectivity index (χ0) is 30.2. The lowest BCUT2D eigenvalue weighted by atomic mass is 9.42. The van der Waals surface area contributed by atoms with Crippen molar-refractivity contribution in [1.29, 1.82) is 0 Å². The molecule has 0 saturated heterocycles. The molecule has 4 unspecified atom stereocenters. The normalized spacial score (nSPS) is 37.8. The second kappa shape index (κ2) is 12.9. The molecule has 0 heterocycles. The number of rotatable bonds is 10. The lowest BCUT2D eigenvalue weighted by Gasteiger charge is -2.63. The minimum absolute atomic E-state index is 0.167. The Hall–Kier alpha value is -1.80. The maximum atomic E-state index is 11.4. The summed E-state index contributed by atoms with van der Waals surface area (Å²) in [4.78, 5) is 0. The number of hydrogen-bond acceptors (Lipinski definition) is 2. The van der Waals surface area contributed by atoms with Gasteiger partial charge in [-0.1, -0.05) is 96.3 Å².